The van der Waals surface area contributed by atoms with Crippen molar-refractivity contribution in [3.05, 3.63) is 71.0 Å². The number of hydrogen-bond donors (Lipinski definition) is 1. The number of nitrogens with zero attached hydrogens (tertiary/aromatic N) is 1. The molecule has 0 bridgehead atoms. The second kappa shape index (κ2) is 7.91. The van der Waals surface area contributed by atoms with Gasteiger partial charge < -0.3 is 5.32 Å². The van der Waals surface area contributed by atoms with E-state index < -0.39 is 0 Å². The van der Waals surface area contributed by atoms with Gasteiger partial charge in [0.1, 0.15) is 5.82 Å². The van der Waals surface area contributed by atoms with Crippen molar-refractivity contribution in [1.29, 1.82) is 0 Å². The SMILES string of the molecule is O=C(CCN1C(=O)Cc2ccccc2C1=O)NCCc1cccc(F)c1. The Morgan fingerprint density at radius 3 is 2.73 bits per heavy atom. The molecule has 134 valence electrons. The summed E-state index contributed by atoms with van der Waals surface area (Å²) in [6.45, 7) is 0.421. The molecule has 0 atom stereocenters. The van der Waals surface area contributed by atoms with Gasteiger partial charge in [0.15, 0.2) is 0 Å². The van der Waals surface area contributed by atoms with E-state index in [0.29, 0.717) is 18.5 Å². The first-order valence-electron chi connectivity index (χ1n) is 8.48. The first-order chi connectivity index (χ1) is 12.5. The fraction of sp³-hybridized carbons (Fsp3) is 0.250. The van der Waals surface area contributed by atoms with Gasteiger partial charge in [-0.3, -0.25) is 19.3 Å². The van der Waals surface area contributed by atoms with E-state index in [2.05, 4.69) is 5.32 Å². The smallest absolute Gasteiger partial charge is 0.260 e. The zero-order chi connectivity index (χ0) is 18.5. The highest BCUT2D eigenvalue weighted by Gasteiger charge is 2.30. The molecule has 2 aromatic carbocycles. The second-order valence-corrected chi connectivity index (χ2v) is 6.16. The molecular formula is C20H19FN2O3. The third-order valence-corrected chi connectivity index (χ3v) is 4.32. The number of nitrogens with one attached hydrogen (secondary N) is 1. The van der Waals surface area contributed by atoms with E-state index in [1.54, 1.807) is 36.4 Å². The third kappa shape index (κ3) is 4.14. The average molecular weight is 354 g/mol. The maximum atomic E-state index is 13.1. The predicted octanol–water partition coefficient (Wildman–Crippen LogP) is 2.10. The highest BCUT2D eigenvalue weighted by Crippen LogP contribution is 2.19. The van der Waals surface area contributed by atoms with Crippen molar-refractivity contribution in [2.75, 3.05) is 13.1 Å². The van der Waals surface area contributed by atoms with Crippen molar-refractivity contribution in [3.63, 3.8) is 0 Å². The summed E-state index contributed by atoms with van der Waals surface area (Å²) in [7, 11) is 0. The Kier molecular flexibility index (Phi) is 5.41. The van der Waals surface area contributed by atoms with E-state index in [1.807, 2.05) is 0 Å². The van der Waals surface area contributed by atoms with Gasteiger partial charge in [0.05, 0.1) is 6.42 Å². The molecule has 0 spiro atoms. The van der Waals surface area contributed by atoms with Crippen LogP contribution in [0.15, 0.2) is 48.5 Å². The Morgan fingerprint density at radius 2 is 1.92 bits per heavy atom. The van der Waals surface area contributed by atoms with Crippen LogP contribution in [0.4, 0.5) is 4.39 Å². The van der Waals surface area contributed by atoms with Gasteiger partial charge in [0.2, 0.25) is 11.8 Å². The molecule has 0 unspecified atom stereocenters. The van der Waals surface area contributed by atoms with Crippen LogP contribution in [0.5, 0.6) is 0 Å². The molecule has 1 heterocycles. The van der Waals surface area contributed by atoms with E-state index >= 15 is 0 Å². The van der Waals surface area contributed by atoms with Crippen LogP contribution in [0.25, 0.3) is 0 Å². The molecule has 3 rings (SSSR count). The molecule has 1 aliphatic heterocycles. The Morgan fingerprint density at radius 1 is 1.12 bits per heavy atom. The van der Waals surface area contributed by atoms with Crippen LogP contribution in [-0.2, 0) is 22.4 Å². The molecule has 6 heteroatoms. The molecule has 26 heavy (non-hydrogen) atoms. The Labute approximate surface area is 150 Å². The van der Waals surface area contributed by atoms with Crippen molar-refractivity contribution in [1.82, 2.24) is 10.2 Å². The number of carbonyl (C=O) groups excluding carboxylic acids is 3. The van der Waals surface area contributed by atoms with Crippen LogP contribution in [0.2, 0.25) is 0 Å². The predicted molar refractivity (Wildman–Crippen MR) is 93.9 cm³/mol. The lowest BCUT2D eigenvalue weighted by atomic mass is 9.98. The summed E-state index contributed by atoms with van der Waals surface area (Å²) in [5, 5.41) is 2.73. The fourth-order valence-electron chi connectivity index (χ4n) is 2.97. The quantitative estimate of drug-likeness (QED) is 0.808. The molecule has 0 radical (unpaired) electrons. The summed E-state index contributed by atoms with van der Waals surface area (Å²) < 4.78 is 13.1. The number of halogens is 1. The maximum Gasteiger partial charge on any atom is 0.260 e. The number of imide groups is 1. The van der Waals surface area contributed by atoms with Gasteiger partial charge in [-0.1, -0.05) is 30.3 Å². The lowest BCUT2D eigenvalue weighted by Gasteiger charge is -2.26. The number of carbonyl (C=O) groups is 3. The van der Waals surface area contributed by atoms with Crippen LogP contribution in [-0.4, -0.2) is 35.7 Å². The number of rotatable bonds is 6. The summed E-state index contributed by atoms with van der Waals surface area (Å²) in [5.74, 6) is -1.21. The monoisotopic (exact) mass is 354 g/mol. The molecule has 1 aliphatic rings. The first kappa shape index (κ1) is 17.8. The molecule has 0 saturated carbocycles. The Bertz CT molecular complexity index is 850. The average Bonchev–Trinajstić information content (AvgIpc) is 2.61. The zero-order valence-electron chi connectivity index (χ0n) is 14.2. The summed E-state index contributed by atoms with van der Waals surface area (Å²) in [4.78, 5) is 37.7. The van der Waals surface area contributed by atoms with Crippen molar-refractivity contribution in [2.45, 2.75) is 19.3 Å². The Balaban J connectivity index is 1.48. The number of fused-ring (bicyclic) bond motifs is 1. The fourth-order valence-corrected chi connectivity index (χ4v) is 2.97. The van der Waals surface area contributed by atoms with Gasteiger partial charge in [-0.25, -0.2) is 4.39 Å². The molecule has 0 aliphatic carbocycles. The van der Waals surface area contributed by atoms with Gasteiger partial charge >= 0.3 is 0 Å². The van der Waals surface area contributed by atoms with E-state index in [4.69, 9.17) is 0 Å². The number of benzene rings is 2. The van der Waals surface area contributed by atoms with Crippen LogP contribution >= 0.6 is 0 Å². The molecule has 5 nitrogen and oxygen atoms in total. The van der Waals surface area contributed by atoms with Crippen molar-refractivity contribution in [3.8, 4) is 0 Å². The normalized spacial score (nSPS) is 13.5. The molecule has 0 fully saturated rings. The highest BCUT2D eigenvalue weighted by atomic mass is 19.1. The van der Waals surface area contributed by atoms with E-state index in [0.717, 1.165) is 16.0 Å². The van der Waals surface area contributed by atoms with Crippen molar-refractivity contribution >= 4 is 17.7 Å². The van der Waals surface area contributed by atoms with Crippen LogP contribution in [0.1, 0.15) is 27.9 Å². The summed E-state index contributed by atoms with van der Waals surface area (Å²) >= 11 is 0. The molecule has 2 aromatic rings. The number of hydrogen-bond acceptors (Lipinski definition) is 3. The molecule has 0 aromatic heterocycles. The van der Waals surface area contributed by atoms with Gasteiger partial charge in [-0.05, 0) is 35.7 Å². The second-order valence-electron chi connectivity index (χ2n) is 6.16. The minimum Gasteiger partial charge on any atom is -0.356 e. The molecule has 1 N–H and O–H groups in total. The van der Waals surface area contributed by atoms with E-state index in [-0.39, 0.29) is 42.9 Å². The number of amides is 3. The van der Waals surface area contributed by atoms with Crippen LogP contribution in [0, 0.1) is 5.82 Å². The largest absolute Gasteiger partial charge is 0.356 e. The third-order valence-electron chi connectivity index (χ3n) is 4.32. The molecular weight excluding hydrogens is 335 g/mol. The lowest BCUT2D eigenvalue weighted by Crippen LogP contribution is -2.44. The summed E-state index contributed by atoms with van der Waals surface area (Å²) in [6, 6.07) is 13.2. The summed E-state index contributed by atoms with van der Waals surface area (Å²) in [5.41, 5.74) is 2.03. The van der Waals surface area contributed by atoms with Crippen molar-refractivity contribution < 1.29 is 18.8 Å². The minimum absolute atomic E-state index is 0.0444. The van der Waals surface area contributed by atoms with E-state index in [1.165, 1.54) is 12.1 Å². The highest BCUT2D eigenvalue weighted by molar-refractivity contribution is 6.09. The van der Waals surface area contributed by atoms with Gasteiger partial charge in [-0.2, -0.15) is 0 Å². The van der Waals surface area contributed by atoms with E-state index in [9.17, 15) is 18.8 Å². The van der Waals surface area contributed by atoms with Crippen molar-refractivity contribution in [2.24, 2.45) is 0 Å². The standard InChI is InChI=1S/C20H19FN2O3/c21-16-6-3-4-14(12-16)8-10-22-18(24)9-11-23-19(25)13-15-5-1-2-7-17(15)20(23)26/h1-7,12H,8-11,13H2,(H,22,24). The maximum absolute atomic E-state index is 13.1. The summed E-state index contributed by atoms with van der Waals surface area (Å²) in [6.07, 6.45) is 0.727. The van der Waals surface area contributed by atoms with Gasteiger partial charge in [-0.15, -0.1) is 0 Å². The molecule has 3 amide bonds. The van der Waals surface area contributed by atoms with Crippen LogP contribution < -0.4 is 5.32 Å². The lowest BCUT2D eigenvalue weighted by molar-refractivity contribution is -0.129. The van der Waals surface area contributed by atoms with Gasteiger partial charge in [0, 0.05) is 25.1 Å². The zero-order valence-corrected chi connectivity index (χ0v) is 14.2. The van der Waals surface area contributed by atoms with Gasteiger partial charge in [0.25, 0.3) is 5.91 Å². The Hall–Kier alpha value is -3.02. The molecule has 0 saturated heterocycles. The topological polar surface area (TPSA) is 66.5 Å². The first-order valence-corrected chi connectivity index (χ1v) is 8.48. The van der Waals surface area contributed by atoms with Crippen LogP contribution in [0.3, 0.4) is 0 Å². The minimum atomic E-state index is -0.357.